The lowest BCUT2D eigenvalue weighted by Gasteiger charge is -2.13. The zero-order valence-corrected chi connectivity index (χ0v) is 87.2. The summed E-state index contributed by atoms with van der Waals surface area (Å²) in [5, 5.41) is 0. The van der Waals surface area contributed by atoms with E-state index in [4.69, 9.17) is 0 Å². The molecule has 0 bridgehead atoms. The number of aromatic nitrogens is 30. The average Bonchev–Trinajstić information content (AvgIpc) is 1.56. The van der Waals surface area contributed by atoms with Gasteiger partial charge in [0.15, 0.2) is 67.0 Å². The van der Waals surface area contributed by atoms with E-state index in [0.29, 0.717) is 109 Å². The molecule has 0 fully saturated rings. The normalized spacial score (nSPS) is 12.2. The first kappa shape index (κ1) is 102. The maximum Gasteiger partial charge on any atom is 0.332 e. The van der Waals surface area contributed by atoms with Gasteiger partial charge in [-0.3, -0.25) is 119 Å². The van der Waals surface area contributed by atoms with E-state index in [9.17, 15) is 57.5 Å². The Labute approximate surface area is 823 Å². The van der Waals surface area contributed by atoms with E-state index in [1.54, 1.807) is 71.8 Å². The van der Waals surface area contributed by atoms with Gasteiger partial charge in [0.25, 0.3) is 33.4 Å². The predicted octanol–water partition coefficient (Wildman–Crippen LogP) is 10.3. The van der Waals surface area contributed by atoms with Gasteiger partial charge in [0.1, 0.15) is 0 Å². The molecule has 18 heterocycles. The Balaban J connectivity index is 0.000000130. The molecule has 0 aliphatic rings. The second-order valence-corrected chi connectivity index (χ2v) is 37.0. The Morgan fingerprint density at radius 3 is 1.08 bits per heavy atom. The zero-order chi connectivity index (χ0) is 105. The van der Waals surface area contributed by atoms with Crippen LogP contribution in [0.25, 0.3) is 113 Å². The number of rotatable bonds is 20. The summed E-state index contributed by atoms with van der Waals surface area (Å²) in [5.41, 5.74) is 14.5. The van der Waals surface area contributed by atoms with Gasteiger partial charge in [-0.1, -0.05) is 89.6 Å². The molecule has 0 aliphatic heterocycles. The summed E-state index contributed by atoms with van der Waals surface area (Å²) in [6, 6.07) is 16.8. The minimum Gasteiger partial charge on any atom is -0.314 e. The summed E-state index contributed by atoms with van der Waals surface area (Å²) >= 11 is 0. The van der Waals surface area contributed by atoms with Gasteiger partial charge >= 0.3 is 34.1 Å². The highest BCUT2D eigenvalue weighted by atomic mass is 16.2. The van der Waals surface area contributed by atoms with Crippen molar-refractivity contribution in [1.29, 1.82) is 0 Å². The van der Waals surface area contributed by atoms with E-state index in [1.807, 2.05) is 182 Å². The van der Waals surface area contributed by atoms with Crippen LogP contribution in [0.1, 0.15) is 175 Å². The predicted molar refractivity (Wildman–Crippen MR) is 563 cm³/mol. The van der Waals surface area contributed by atoms with Crippen molar-refractivity contribution in [3.05, 3.63) is 292 Å². The van der Waals surface area contributed by atoms with Crippen molar-refractivity contribution in [1.82, 2.24) is 139 Å². The van der Waals surface area contributed by atoms with Crippen molar-refractivity contribution in [2.45, 2.75) is 235 Å². The average molecular weight is 1970 g/mol. The van der Waals surface area contributed by atoms with E-state index in [2.05, 4.69) is 115 Å². The zero-order valence-electron chi connectivity index (χ0n) is 87.2. The quantitative estimate of drug-likeness (QED) is 0.0640. The molecule has 2 atom stereocenters. The van der Waals surface area contributed by atoms with Crippen LogP contribution in [-0.2, 0) is 95.1 Å². The first-order valence-corrected chi connectivity index (χ1v) is 48.5. The maximum absolute atomic E-state index is 13.0. The summed E-state index contributed by atoms with van der Waals surface area (Å²) in [7, 11) is 11.4. The Hall–Kier alpha value is -16.2. The van der Waals surface area contributed by atoms with E-state index in [0.717, 1.165) is 136 Å². The molecule has 0 aliphatic carbocycles. The highest BCUT2D eigenvalue weighted by molar-refractivity contribution is 5.82. The molecule has 0 saturated heterocycles. The molecule has 0 saturated carbocycles. The molecular formula is C102H128N30O12. The second kappa shape index (κ2) is 39.7. The molecule has 20 rings (SSSR count). The van der Waals surface area contributed by atoms with Gasteiger partial charge in [-0.2, -0.15) is 29.9 Å². The maximum atomic E-state index is 13.0. The standard InChI is InChI=1S/C19H21N5O2.C18H19N5O2.2C17H23N5O2.C16H23N5O2.C15H19N5O2/c1-6-22-17(25)15-16(21(5)19(22)26)20-18-23(12(3)13(4)24(15)18)14-9-7-8-11(2)10-14;1-10-7-6-8-13(9-10)22-11(2)12(3)23-14-15(19-17(22)23)20(4)18(25)21(5)16(14)24;1-7-9-20-15(23)13-14(19(6)17(20)24)18-16-21(10(3)8-2)11(4)12(5)22(13)16;1-6-8-9-20-15(23)13-14(19(5)17(20)24)18-16-21(13)10-12(4)22(16)11(3)7-2;1-5-7-9-19-11(3)10-21-12-13(17-15(19)21)18(4)16(23)20(8-6-2)14(12)22;1-5-7-18-10(3)9-20-11-12(16-14(18)20)17(4)15(22)19(8-6-2)13(11)21/h7-10H,6H2,1-5H3;6-9H,1-5H3;7,10H,1,8-9H2,2-6H3;6,8,10-11H,7,9H2,1-5H3;10H,5-9H2,1-4H3;6,9H,2,5,7-8H2,1,3-4H3/b;;;8-6+;;. The molecule has 42 heteroatoms. The van der Waals surface area contributed by atoms with Crippen molar-refractivity contribution >= 4 is 102 Å². The highest BCUT2D eigenvalue weighted by Crippen LogP contribution is 2.31. The highest BCUT2D eigenvalue weighted by Gasteiger charge is 2.31. The molecule has 144 heavy (non-hydrogen) atoms. The third kappa shape index (κ3) is 16.4. The summed E-state index contributed by atoms with van der Waals surface area (Å²) in [6.07, 6.45) is 18.2. The molecule has 0 N–H and O–H groups in total. The number of hydrogen-bond donors (Lipinski definition) is 0. The van der Waals surface area contributed by atoms with Crippen LogP contribution >= 0.6 is 0 Å². The van der Waals surface area contributed by atoms with Crippen molar-refractivity contribution in [3.8, 4) is 11.4 Å². The third-order valence-electron chi connectivity index (χ3n) is 27.7. The van der Waals surface area contributed by atoms with Crippen molar-refractivity contribution in [2.75, 3.05) is 0 Å². The summed E-state index contributed by atoms with van der Waals surface area (Å²) in [5.74, 6) is 4.10. The number of aryl methyl sites for hydroxylation is 16. The van der Waals surface area contributed by atoms with Crippen molar-refractivity contribution in [2.24, 2.45) is 49.3 Å². The molecule has 0 radical (unpaired) electrons. The van der Waals surface area contributed by atoms with Gasteiger partial charge in [0.2, 0.25) is 34.7 Å². The fraction of sp³-hybridized carbons (Fsp3) is 0.412. The third-order valence-corrected chi connectivity index (χ3v) is 27.7. The molecular weight excluding hydrogens is 1840 g/mol. The number of allylic oxidation sites excluding steroid dienone is 4. The molecule has 0 amide bonds. The number of benzene rings is 2. The molecule has 758 valence electrons. The summed E-state index contributed by atoms with van der Waals surface area (Å²) < 4.78 is 39.4. The van der Waals surface area contributed by atoms with Crippen LogP contribution in [0, 0.1) is 76.2 Å². The lowest BCUT2D eigenvalue weighted by atomic mass is 10.2. The van der Waals surface area contributed by atoms with Gasteiger partial charge < -0.3 is 18.3 Å². The molecule has 2 unspecified atom stereocenters. The van der Waals surface area contributed by atoms with Gasteiger partial charge in [-0.25, -0.2) is 28.8 Å². The molecule has 18 aromatic heterocycles. The number of nitrogens with zero attached hydrogens (tertiary/aromatic N) is 30. The molecule has 2 aromatic carbocycles. The van der Waals surface area contributed by atoms with Gasteiger partial charge in [-0.15, -0.1) is 13.2 Å². The van der Waals surface area contributed by atoms with Crippen LogP contribution in [0.4, 0.5) is 0 Å². The minimum atomic E-state index is -0.380. The van der Waals surface area contributed by atoms with E-state index in [-0.39, 0.29) is 99.2 Å². The Bertz CT molecular complexity index is 9490. The first-order chi connectivity index (χ1) is 68.5. The number of fused-ring (bicyclic) bond motifs is 18. The van der Waals surface area contributed by atoms with Crippen LogP contribution in [0.5, 0.6) is 0 Å². The lowest BCUT2D eigenvalue weighted by molar-refractivity contribution is 0.532. The van der Waals surface area contributed by atoms with Crippen LogP contribution in [0.3, 0.4) is 0 Å². The summed E-state index contributed by atoms with van der Waals surface area (Å²) in [6.45, 7) is 50.6. The Morgan fingerprint density at radius 2 is 0.660 bits per heavy atom. The monoisotopic (exact) mass is 1970 g/mol. The first-order valence-electron chi connectivity index (χ1n) is 48.5. The van der Waals surface area contributed by atoms with E-state index < -0.39 is 0 Å². The molecule has 20 aromatic rings. The van der Waals surface area contributed by atoms with Crippen molar-refractivity contribution < 1.29 is 0 Å². The van der Waals surface area contributed by atoms with Gasteiger partial charge in [0, 0.05) is 188 Å². The Morgan fingerprint density at radius 1 is 0.326 bits per heavy atom. The largest absolute Gasteiger partial charge is 0.332 e. The van der Waals surface area contributed by atoms with Gasteiger partial charge in [0.05, 0.1) is 0 Å². The summed E-state index contributed by atoms with van der Waals surface area (Å²) in [4.78, 5) is 179. The van der Waals surface area contributed by atoms with E-state index in [1.165, 1.54) is 57.3 Å². The topological polar surface area (TPSA) is 397 Å². The van der Waals surface area contributed by atoms with Crippen LogP contribution < -0.4 is 67.5 Å². The molecule has 42 nitrogen and oxygen atoms in total. The van der Waals surface area contributed by atoms with Crippen LogP contribution in [-0.4, -0.2) is 139 Å². The van der Waals surface area contributed by atoms with Crippen LogP contribution in [0.15, 0.2) is 162 Å². The number of unbranched alkanes of at least 4 members (excludes halogenated alkanes) is 1. The fourth-order valence-electron chi connectivity index (χ4n) is 19.3. The SMILES string of the molecule is C/C=C/Cn1c(=O)c2c(nc3n(C(C)CC)c(C)cn23)n(C)c1=O.C=CCn1c(=O)c2c(nc3n(C(C)CC)c(C)c(C)n23)n(C)c1=O.C=CCn1c(=O)c2c(nc3n(CCC)c(C)cn23)n(C)c1=O.CCCCn1c(C)cn2c3c(=O)n(CCC)c(=O)n(C)c3nc12.CCn1c(=O)c2c(nc3n(-c4cccc(C)c4)c(C)c(C)n23)n(C)c1=O.Cc1cccc(-n2c(C)c(C)n3c4c(=O)n(C)c(=O)n(C)c4nc23)c1. The minimum absolute atomic E-state index is 0.179. The number of imidazole rings is 12. The second-order valence-electron chi connectivity index (χ2n) is 37.0. The fourth-order valence-corrected chi connectivity index (χ4v) is 19.3. The lowest BCUT2D eigenvalue weighted by Crippen LogP contribution is -2.39. The van der Waals surface area contributed by atoms with Crippen molar-refractivity contribution in [3.63, 3.8) is 0 Å². The number of hydrogen-bond acceptors (Lipinski definition) is 18. The molecule has 0 spiro atoms. The smallest absolute Gasteiger partial charge is 0.314 e. The Kier molecular flexibility index (Phi) is 28.2. The van der Waals surface area contributed by atoms with Crippen LogP contribution in [0.2, 0.25) is 0 Å². The van der Waals surface area contributed by atoms with E-state index >= 15 is 0 Å². The van der Waals surface area contributed by atoms with Gasteiger partial charge in [-0.05, 0) is 171 Å².